The summed E-state index contributed by atoms with van der Waals surface area (Å²) in [4.78, 5) is 16.1. The number of sulfonamides is 1. The largest absolute Gasteiger partial charge is 0.321 e. The van der Waals surface area contributed by atoms with Crippen LogP contribution < -0.4 is 9.62 Å². The Morgan fingerprint density at radius 1 is 1.22 bits per heavy atom. The molecule has 1 amide bonds. The van der Waals surface area contributed by atoms with Crippen LogP contribution in [0.25, 0.3) is 0 Å². The van der Waals surface area contributed by atoms with Crippen molar-refractivity contribution < 1.29 is 13.2 Å². The Labute approximate surface area is 143 Å². The minimum atomic E-state index is -4.06. The normalized spacial score (nSPS) is 17.6. The van der Waals surface area contributed by atoms with E-state index in [0.29, 0.717) is 5.69 Å². The molecule has 1 aliphatic rings. The van der Waals surface area contributed by atoms with Crippen LogP contribution in [0, 0.1) is 0 Å². The third-order valence-electron chi connectivity index (χ3n) is 3.38. The standard InChI is InChI=1S/C14H11Cl2N3O3S/c1-8-14(20)18-12-3-2-4-17-13(12)19(8)23(21,22)11-6-9(15)5-10(16)7-11/h2-8H,1H3,(H,18,20). The Kier molecular flexibility index (Phi) is 3.95. The highest BCUT2D eigenvalue weighted by molar-refractivity contribution is 7.93. The molecule has 1 N–H and O–H groups in total. The van der Waals surface area contributed by atoms with E-state index in [1.54, 1.807) is 12.1 Å². The van der Waals surface area contributed by atoms with Gasteiger partial charge in [0.15, 0.2) is 5.82 Å². The summed E-state index contributed by atoms with van der Waals surface area (Å²) < 4.78 is 27.0. The fraction of sp³-hybridized carbons (Fsp3) is 0.143. The lowest BCUT2D eigenvalue weighted by Gasteiger charge is -2.33. The van der Waals surface area contributed by atoms with Gasteiger partial charge in [-0.15, -0.1) is 0 Å². The number of amides is 1. The molecule has 3 rings (SSSR count). The first kappa shape index (κ1) is 16.0. The molecule has 120 valence electrons. The molecule has 1 atom stereocenters. The Balaban J connectivity index is 2.21. The number of carbonyl (C=O) groups excluding carboxylic acids is 1. The number of halogens is 2. The number of benzene rings is 1. The molecule has 0 bridgehead atoms. The van der Waals surface area contributed by atoms with Crippen LogP contribution in [0.5, 0.6) is 0 Å². The van der Waals surface area contributed by atoms with Crippen molar-refractivity contribution in [2.75, 3.05) is 9.62 Å². The Hall–Kier alpha value is -1.83. The van der Waals surface area contributed by atoms with E-state index in [9.17, 15) is 13.2 Å². The van der Waals surface area contributed by atoms with E-state index < -0.39 is 22.0 Å². The third kappa shape index (κ3) is 2.75. The van der Waals surface area contributed by atoms with Crippen LogP contribution in [0.1, 0.15) is 6.92 Å². The van der Waals surface area contributed by atoms with Crippen molar-refractivity contribution in [3.05, 3.63) is 46.6 Å². The van der Waals surface area contributed by atoms with Crippen LogP contribution in [0.2, 0.25) is 10.0 Å². The van der Waals surface area contributed by atoms with Gasteiger partial charge in [0.1, 0.15) is 6.04 Å². The van der Waals surface area contributed by atoms with Crippen molar-refractivity contribution in [1.29, 1.82) is 0 Å². The van der Waals surface area contributed by atoms with Crippen LogP contribution in [0.3, 0.4) is 0 Å². The van der Waals surface area contributed by atoms with E-state index >= 15 is 0 Å². The molecule has 0 saturated carbocycles. The van der Waals surface area contributed by atoms with Crippen LogP contribution in [-0.2, 0) is 14.8 Å². The van der Waals surface area contributed by atoms with Crippen molar-refractivity contribution in [3.8, 4) is 0 Å². The lowest BCUT2D eigenvalue weighted by molar-refractivity contribution is -0.117. The summed E-state index contributed by atoms with van der Waals surface area (Å²) in [5.41, 5.74) is 0.326. The summed E-state index contributed by atoms with van der Waals surface area (Å²) in [6, 6.07) is 6.23. The molecule has 23 heavy (non-hydrogen) atoms. The third-order valence-corrected chi connectivity index (χ3v) is 5.65. The van der Waals surface area contributed by atoms with Gasteiger partial charge in [-0.3, -0.25) is 4.79 Å². The van der Waals surface area contributed by atoms with E-state index in [0.717, 1.165) is 4.31 Å². The van der Waals surface area contributed by atoms with Gasteiger partial charge < -0.3 is 5.32 Å². The molecule has 2 heterocycles. The van der Waals surface area contributed by atoms with E-state index in [1.807, 2.05) is 0 Å². The van der Waals surface area contributed by atoms with Gasteiger partial charge >= 0.3 is 0 Å². The van der Waals surface area contributed by atoms with Gasteiger partial charge in [0.05, 0.1) is 10.6 Å². The van der Waals surface area contributed by atoms with Gasteiger partial charge in [0.25, 0.3) is 10.0 Å². The molecule has 1 aromatic carbocycles. The lowest BCUT2D eigenvalue weighted by Crippen LogP contribution is -2.49. The maximum absolute atomic E-state index is 13.0. The summed E-state index contributed by atoms with van der Waals surface area (Å²) in [5.74, 6) is -0.294. The monoisotopic (exact) mass is 371 g/mol. The summed E-state index contributed by atoms with van der Waals surface area (Å²) in [5, 5.41) is 3.00. The number of anilines is 2. The molecule has 1 aliphatic heterocycles. The number of aromatic nitrogens is 1. The van der Waals surface area contributed by atoms with Crippen LogP contribution >= 0.6 is 23.2 Å². The van der Waals surface area contributed by atoms with E-state index in [4.69, 9.17) is 23.2 Å². The predicted molar refractivity (Wildman–Crippen MR) is 88.5 cm³/mol. The molecule has 0 aliphatic carbocycles. The van der Waals surface area contributed by atoms with Crippen molar-refractivity contribution in [2.24, 2.45) is 0 Å². The molecule has 6 nitrogen and oxygen atoms in total. The van der Waals surface area contributed by atoms with Gasteiger partial charge in [0.2, 0.25) is 5.91 Å². The first-order valence-corrected chi connectivity index (χ1v) is 8.77. The average Bonchev–Trinajstić information content (AvgIpc) is 2.47. The van der Waals surface area contributed by atoms with E-state index in [1.165, 1.54) is 31.3 Å². The zero-order valence-electron chi connectivity index (χ0n) is 11.8. The maximum atomic E-state index is 13.0. The number of pyridine rings is 1. The molecular formula is C14H11Cl2N3O3S. The minimum Gasteiger partial charge on any atom is -0.321 e. The Bertz CT molecular complexity index is 882. The molecule has 9 heteroatoms. The highest BCUT2D eigenvalue weighted by Crippen LogP contribution is 2.35. The van der Waals surface area contributed by atoms with Gasteiger partial charge in [-0.25, -0.2) is 17.7 Å². The van der Waals surface area contributed by atoms with E-state index in [2.05, 4.69) is 10.3 Å². The number of nitrogens with zero attached hydrogens (tertiary/aromatic N) is 2. The van der Waals surface area contributed by atoms with Gasteiger partial charge in [-0.1, -0.05) is 23.2 Å². The minimum absolute atomic E-state index is 0.104. The van der Waals surface area contributed by atoms with Crippen LogP contribution in [0.4, 0.5) is 11.5 Å². The van der Waals surface area contributed by atoms with Crippen molar-refractivity contribution in [2.45, 2.75) is 17.9 Å². The van der Waals surface area contributed by atoms with Gasteiger partial charge in [-0.05, 0) is 37.3 Å². The zero-order chi connectivity index (χ0) is 16.8. The first-order valence-electron chi connectivity index (χ1n) is 6.57. The SMILES string of the molecule is CC1C(=O)Nc2cccnc2N1S(=O)(=O)c1cc(Cl)cc(Cl)c1. The highest BCUT2D eigenvalue weighted by Gasteiger charge is 2.39. The van der Waals surface area contributed by atoms with Crippen molar-refractivity contribution in [1.82, 2.24) is 4.98 Å². The van der Waals surface area contributed by atoms with Crippen LogP contribution in [-0.4, -0.2) is 25.4 Å². The molecule has 0 saturated heterocycles. The van der Waals surface area contributed by atoms with Crippen LogP contribution in [0.15, 0.2) is 41.4 Å². The first-order chi connectivity index (χ1) is 10.8. The lowest BCUT2D eigenvalue weighted by atomic mass is 10.2. The second kappa shape index (κ2) is 5.67. The number of hydrogen-bond acceptors (Lipinski definition) is 4. The Morgan fingerprint density at radius 3 is 2.52 bits per heavy atom. The highest BCUT2D eigenvalue weighted by atomic mass is 35.5. The van der Waals surface area contributed by atoms with Crippen molar-refractivity contribution >= 4 is 50.6 Å². The number of carbonyl (C=O) groups is 1. The number of fused-ring (bicyclic) bond motifs is 1. The summed E-state index contributed by atoms with van der Waals surface area (Å²) >= 11 is 11.8. The maximum Gasteiger partial charge on any atom is 0.266 e. The Morgan fingerprint density at radius 2 is 1.87 bits per heavy atom. The molecule has 0 fully saturated rings. The molecule has 1 aromatic heterocycles. The van der Waals surface area contributed by atoms with Gasteiger partial charge in [-0.2, -0.15) is 0 Å². The summed E-state index contributed by atoms with van der Waals surface area (Å²) in [6.45, 7) is 1.48. The second-order valence-electron chi connectivity index (χ2n) is 4.95. The number of hydrogen-bond donors (Lipinski definition) is 1. The number of nitrogens with one attached hydrogen (secondary N) is 1. The fourth-order valence-electron chi connectivity index (χ4n) is 2.31. The summed E-state index contributed by atoms with van der Waals surface area (Å²) in [7, 11) is -4.06. The molecular weight excluding hydrogens is 361 g/mol. The second-order valence-corrected chi connectivity index (χ2v) is 7.63. The zero-order valence-corrected chi connectivity index (χ0v) is 14.2. The van der Waals surface area contributed by atoms with E-state index in [-0.39, 0.29) is 20.8 Å². The summed E-state index contributed by atoms with van der Waals surface area (Å²) in [6.07, 6.45) is 1.45. The topological polar surface area (TPSA) is 79.4 Å². The van der Waals surface area contributed by atoms with Crippen molar-refractivity contribution in [3.63, 3.8) is 0 Å². The molecule has 0 spiro atoms. The quantitative estimate of drug-likeness (QED) is 0.879. The predicted octanol–water partition coefficient (Wildman–Crippen LogP) is 2.92. The fourth-order valence-corrected chi connectivity index (χ4v) is 4.63. The number of rotatable bonds is 2. The molecule has 2 aromatic rings. The average molecular weight is 372 g/mol. The molecule has 1 unspecified atom stereocenters. The molecule has 0 radical (unpaired) electrons. The van der Waals surface area contributed by atoms with Gasteiger partial charge in [0, 0.05) is 16.2 Å². The smallest absolute Gasteiger partial charge is 0.266 e.